The van der Waals surface area contributed by atoms with Crippen molar-refractivity contribution in [2.75, 3.05) is 6.54 Å². The van der Waals surface area contributed by atoms with E-state index in [9.17, 15) is 22.0 Å². The Kier molecular flexibility index (Phi) is 4.05. The molecule has 0 saturated heterocycles. The molecule has 1 aliphatic rings. The lowest BCUT2D eigenvalue weighted by Gasteiger charge is -2.21. The number of rotatable bonds is 6. The highest BCUT2D eigenvalue weighted by molar-refractivity contribution is 7.89. The van der Waals surface area contributed by atoms with Crippen molar-refractivity contribution in [1.29, 1.82) is 0 Å². The fourth-order valence-electron chi connectivity index (χ4n) is 1.84. The predicted octanol–water partition coefficient (Wildman–Crippen LogP) is 1.59. The molecule has 1 N–H and O–H groups in total. The van der Waals surface area contributed by atoms with Gasteiger partial charge in [0.1, 0.15) is 0 Å². The number of sulfonamides is 1. The van der Waals surface area contributed by atoms with Gasteiger partial charge in [-0.15, -0.1) is 0 Å². The SMILES string of the molecule is O=C(O)CCN(C1CC1)S(=O)(=O)c1ccc(F)c(F)c1. The zero-order valence-electron chi connectivity index (χ0n) is 10.4. The van der Waals surface area contributed by atoms with Gasteiger partial charge in [0, 0.05) is 12.6 Å². The Morgan fingerprint density at radius 1 is 1.30 bits per heavy atom. The van der Waals surface area contributed by atoms with Crippen LogP contribution in [-0.4, -0.2) is 36.4 Å². The fraction of sp³-hybridized carbons (Fsp3) is 0.417. The van der Waals surface area contributed by atoms with Crippen LogP contribution < -0.4 is 0 Å². The van der Waals surface area contributed by atoms with Crippen LogP contribution in [0.4, 0.5) is 8.78 Å². The highest BCUT2D eigenvalue weighted by atomic mass is 32.2. The minimum Gasteiger partial charge on any atom is -0.481 e. The molecule has 0 spiro atoms. The second kappa shape index (κ2) is 5.45. The van der Waals surface area contributed by atoms with Gasteiger partial charge < -0.3 is 5.11 Å². The summed E-state index contributed by atoms with van der Waals surface area (Å²) >= 11 is 0. The number of carboxylic acid groups (broad SMARTS) is 1. The largest absolute Gasteiger partial charge is 0.481 e. The zero-order chi connectivity index (χ0) is 14.9. The summed E-state index contributed by atoms with van der Waals surface area (Å²) < 4.78 is 51.7. The van der Waals surface area contributed by atoms with Gasteiger partial charge >= 0.3 is 5.97 Å². The third-order valence-corrected chi connectivity index (χ3v) is 4.95. The van der Waals surface area contributed by atoms with E-state index in [1.165, 1.54) is 0 Å². The van der Waals surface area contributed by atoms with Gasteiger partial charge in [0.2, 0.25) is 10.0 Å². The normalized spacial score (nSPS) is 15.6. The summed E-state index contributed by atoms with van der Waals surface area (Å²) in [6, 6.07) is 2.07. The molecule has 5 nitrogen and oxygen atoms in total. The molecule has 1 saturated carbocycles. The molecule has 0 heterocycles. The molecule has 110 valence electrons. The van der Waals surface area contributed by atoms with Gasteiger partial charge in [0.15, 0.2) is 11.6 Å². The number of hydrogen-bond acceptors (Lipinski definition) is 3. The van der Waals surface area contributed by atoms with E-state index in [0.717, 1.165) is 16.4 Å². The molecule has 1 aromatic rings. The van der Waals surface area contributed by atoms with Crippen LogP contribution in [0.25, 0.3) is 0 Å². The third-order valence-electron chi connectivity index (χ3n) is 3.00. The van der Waals surface area contributed by atoms with Crippen LogP contribution in [0.2, 0.25) is 0 Å². The van der Waals surface area contributed by atoms with Crippen LogP contribution in [0.1, 0.15) is 19.3 Å². The van der Waals surface area contributed by atoms with Gasteiger partial charge in [0.05, 0.1) is 11.3 Å². The Balaban J connectivity index is 2.29. The highest BCUT2D eigenvalue weighted by Gasteiger charge is 2.38. The first-order chi connectivity index (χ1) is 9.32. The second-order valence-electron chi connectivity index (χ2n) is 4.57. The van der Waals surface area contributed by atoms with Crippen LogP contribution >= 0.6 is 0 Å². The van der Waals surface area contributed by atoms with Crippen LogP contribution in [0.15, 0.2) is 23.1 Å². The monoisotopic (exact) mass is 305 g/mol. The molecule has 0 aliphatic heterocycles. The molecule has 0 unspecified atom stereocenters. The quantitative estimate of drug-likeness (QED) is 0.866. The van der Waals surface area contributed by atoms with E-state index in [1.807, 2.05) is 0 Å². The van der Waals surface area contributed by atoms with Crippen LogP contribution in [-0.2, 0) is 14.8 Å². The van der Waals surface area contributed by atoms with E-state index < -0.39 is 27.6 Å². The van der Waals surface area contributed by atoms with Crippen molar-refractivity contribution in [2.24, 2.45) is 0 Å². The lowest BCUT2D eigenvalue weighted by molar-refractivity contribution is -0.137. The molecular weight excluding hydrogens is 292 g/mol. The first-order valence-corrected chi connectivity index (χ1v) is 7.45. The molecule has 0 radical (unpaired) electrons. The first-order valence-electron chi connectivity index (χ1n) is 6.01. The smallest absolute Gasteiger partial charge is 0.304 e. The van der Waals surface area contributed by atoms with E-state index in [0.29, 0.717) is 18.9 Å². The van der Waals surface area contributed by atoms with E-state index in [4.69, 9.17) is 5.11 Å². The standard InChI is InChI=1S/C12H13F2NO4S/c13-10-4-3-9(7-11(10)14)20(18,19)15(8-1-2-8)6-5-12(16)17/h3-4,7-8H,1-2,5-6H2,(H,16,17). The number of benzene rings is 1. The first kappa shape index (κ1) is 14.9. The summed E-state index contributed by atoms with van der Waals surface area (Å²) in [7, 11) is -4.01. The summed E-state index contributed by atoms with van der Waals surface area (Å²) in [6.07, 6.45) is 0.949. The van der Waals surface area contributed by atoms with Crippen molar-refractivity contribution in [3.8, 4) is 0 Å². The molecule has 0 aromatic heterocycles. The van der Waals surface area contributed by atoms with E-state index in [1.54, 1.807) is 0 Å². The molecule has 2 rings (SSSR count). The van der Waals surface area contributed by atoms with Crippen molar-refractivity contribution in [2.45, 2.75) is 30.2 Å². The van der Waals surface area contributed by atoms with Crippen LogP contribution in [0.5, 0.6) is 0 Å². The molecule has 0 bridgehead atoms. The maximum Gasteiger partial charge on any atom is 0.304 e. The molecule has 1 fully saturated rings. The molecule has 8 heteroatoms. The number of nitrogens with zero attached hydrogens (tertiary/aromatic N) is 1. The number of halogens is 2. The minimum atomic E-state index is -4.01. The highest BCUT2D eigenvalue weighted by Crippen LogP contribution is 2.32. The fourth-order valence-corrected chi connectivity index (χ4v) is 3.54. The number of carboxylic acids is 1. The maximum atomic E-state index is 13.2. The van der Waals surface area contributed by atoms with Crippen molar-refractivity contribution in [1.82, 2.24) is 4.31 Å². The van der Waals surface area contributed by atoms with Crippen molar-refractivity contribution < 1.29 is 27.1 Å². The van der Waals surface area contributed by atoms with E-state index >= 15 is 0 Å². The van der Waals surface area contributed by atoms with Gasteiger partial charge in [0.25, 0.3) is 0 Å². The Labute approximate surface area is 114 Å². The summed E-state index contributed by atoms with van der Waals surface area (Å²) in [5.41, 5.74) is 0. The number of hydrogen-bond donors (Lipinski definition) is 1. The van der Waals surface area contributed by atoms with Gasteiger partial charge in [-0.05, 0) is 31.0 Å². The van der Waals surface area contributed by atoms with Gasteiger partial charge in [-0.1, -0.05) is 0 Å². The summed E-state index contributed by atoms with van der Waals surface area (Å²) in [5.74, 6) is -3.50. The minimum absolute atomic E-state index is 0.179. The molecule has 0 atom stereocenters. The summed E-state index contributed by atoms with van der Waals surface area (Å²) in [6.45, 7) is -0.179. The van der Waals surface area contributed by atoms with E-state index in [-0.39, 0.29) is 23.9 Å². The lowest BCUT2D eigenvalue weighted by atomic mass is 10.3. The van der Waals surface area contributed by atoms with Crippen LogP contribution in [0.3, 0.4) is 0 Å². The molecule has 1 aromatic carbocycles. The second-order valence-corrected chi connectivity index (χ2v) is 6.46. The van der Waals surface area contributed by atoms with Gasteiger partial charge in [-0.3, -0.25) is 4.79 Å². The van der Waals surface area contributed by atoms with Crippen LogP contribution in [0, 0.1) is 11.6 Å². The lowest BCUT2D eigenvalue weighted by Crippen LogP contribution is -2.35. The Morgan fingerprint density at radius 2 is 1.95 bits per heavy atom. The average Bonchev–Trinajstić information content (AvgIpc) is 3.16. The maximum absolute atomic E-state index is 13.2. The van der Waals surface area contributed by atoms with Crippen molar-refractivity contribution in [3.63, 3.8) is 0 Å². The van der Waals surface area contributed by atoms with Crippen molar-refractivity contribution >= 4 is 16.0 Å². The zero-order valence-corrected chi connectivity index (χ0v) is 11.2. The summed E-state index contributed by atoms with van der Waals surface area (Å²) in [5, 5.41) is 8.65. The third kappa shape index (κ3) is 3.13. The Hall–Kier alpha value is -1.54. The van der Waals surface area contributed by atoms with Gasteiger partial charge in [-0.25, -0.2) is 17.2 Å². The van der Waals surface area contributed by atoms with Gasteiger partial charge in [-0.2, -0.15) is 4.31 Å². The number of carbonyl (C=O) groups is 1. The molecule has 20 heavy (non-hydrogen) atoms. The predicted molar refractivity (Wildman–Crippen MR) is 65.5 cm³/mol. The Bertz CT molecular complexity index is 628. The molecule has 1 aliphatic carbocycles. The molecule has 0 amide bonds. The van der Waals surface area contributed by atoms with Crippen molar-refractivity contribution in [3.05, 3.63) is 29.8 Å². The van der Waals surface area contributed by atoms with E-state index in [2.05, 4.69) is 0 Å². The topological polar surface area (TPSA) is 74.7 Å². The molecular formula is C12H13F2NO4S. The average molecular weight is 305 g/mol. The number of aliphatic carboxylic acids is 1. The Morgan fingerprint density at radius 3 is 2.45 bits per heavy atom. The summed E-state index contributed by atoms with van der Waals surface area (Å²) in [4.78, 5) is 10.2.